The van der Waals surface area contributed by atoms with Crippen LogP contribution in [0, 0.1) is 0 Å². The lowest BCUT2D eigenvalue weighted by Gasteiger charge is -2.26. The molecular formula is C26H30N2O6. The summed E-state index contributed by atoms with van der Waals surface area (Å²) in [6.45, 7) is 2.50. The molecule has 2 unspecified atom stereocenters. The maximum atomic E-state index is 13.0. The maximum Gasteiger partial charge on any atom is 0.407 e. The Balaban J connectivity index is 1.42. The van der Waals surface area contributed by atoms with Gasteiger partial charge in [-0.3, -0.25) is 9.59 Å². The number of rotatable bonds is 6. The summed E-state index contributed by atoms with van der Waals surface area (Å²) in [5.74, 6) is -1.81. The van der Waals surface area contributed by atoms with Gasteiger partial charge in [0.15, 0.2) is 0 Å². The number of likely N-dealkylation sites (tertiary alicyclic amines) is 1. The van der Waals surface area contributed by atoms with Crippen LogP contribution in [0.2, 0.25) is 0 Å². The van der Waals surface area contributed by atoms with E-state index in [2.05, 4.69) is 5.32 Å². The lowest BCUT2D eigenvalue weighted by Crippen LogP contribution is -2.50. The number of carbonyl (C=O) groups excluding carboxylic acids is 2. The van der Waals surface area contributed by atoms with Crippen LogP contribution < -0.4 is 5.32 Å². The Hall–Kier alpha value is -3.39. The maximum absolute atomic E-state index is 13.0. The number of aliphatic hydroxyl groups is 1. The Morgan fingerprint density at radius 3 is 2.29 bits per heavy atom. The first kappa shape index (κ1) is 23.8. The predicted molar refractivity (Wildman–Crippen MR) is 125 cm³/mol. The van der Waals surface area contributed by atoms with Crippen molar-refractivity contribution >= 4 is 18.0 Å². The zero-order chi connectivity index (χ0) is 24.3. The molecule has 8 nitrogen and oxygen atoms in total. The van der Waals surface area contributed by atoms with Crippen molar-refractivity contribution in [2.45, 2.75) is 50.2 Å². The third-order valence-corrected chi connectivity index (χ3v) is 6.69. The summed E-state index contributed by atoms with van der Waals surface area (Å²) < 4.78 is 5.49. The molecule has 4 rings (SSSR count). The monoisotopic (exact) mass is 466 g/mol. The summed E-state index contributed by atoms with van der Waals surface area (Å²) in [5, 5.41) is 22.0. The van der Waals surface area contributed by atoms with Gasteiger partial charge in [-0.2, -0.15) is 0 Å². The van der Waals surface area contributed by atoms with Crippen LogP contribution >= 0.6 is 0 Å². The number of fused-ring (bicyclic) bond motifs is 3. The molecule has 0 bridgehead atoms. The van der Waals surface area contributed by atoms with Crippen LogP contribution in [0.4, 0.5) is 4.79 Å². The molecule has 180 valence electrons. The Morgan fingerprint density at radius 2 is 1.68 bits per heavy atom. The molecule has 0 aromatic heterocycles. The van der Waals surface area contributed by atoms with Gasteiger partial charge >= 0.3 is 12.1 Å². The Kier molecular flexibility index (Phi) is 6.88. The minimum Gasteiger partial charge on any atom is -0.481 e. The number of amides is 2. The van der Waals surface area contributed by atoms with E-state index in [-0.39, 0.29) is 12.5 Å². The van der Waals surface area contributed by atoms with Crippen LogP contribution in [-0.4, -0.2) is 64.4 Å². The number of carbonyl (C=O) groups is 3. The molecule has 1 aliphatic carbocycles. The average Bonchev–Trinajstić information content (AvgIpc) is 3.00. The number of nitrogens with zero attached hydrogens (tertiary/aromatic N) is 1. The van der Waals surface area contributed by atoms with E-state index in [0.717, 1.165) is 22.3 Å². The second-order valence-electron chi connectivity index (χ2n) is 9.30. The topological polar surface area (TPSA) is 116 Å². The Morgan fingerprint density at radius 1 is 1.06 bits per heavy atom. The van der Waals surface area contributed by atoms with E-state index in [1.165, 1.54) is 4.90 Å². The molecule has 1 fully saturated rings. The quantitative estimate of drug-likeness (QED) is 0.602. The Bertz CT molecular complexity index is 1040. The van der Waals surface area contributed by atoms with Crippen LogP contribution in [0.25, 0.3) is 11.1 Å². The van der Waals surface area contributed by atoms with Gasteiger partial charge in [-0.25, -0.2) is 4.79 Å². The highest BCUT2D eigenvalue weighted by atomic mass is 16.5. The average molecular weight is 467 g/mol. The third kappa shape index (κ3) is 5.22. The standard InChI is InChI=1S/C26H30N2O6/c1-26(33)11-6-13-28(14-12-26)24(31)22(15-23(29)30)27-25(32)34-16-21-19-9-4-2-7-17(19)18-8-3-5-10-20(18)21/h2-5,7-10,21-22,33H,6,11-16H2,1H3,(H,27,32)(H,29,30). The molecule has 2 aromatic carbocycles. The molecular weight excluding hydrogens is 436 g/mol. The summed E-state index contributed by atoms with van der Waals surface area (Å²) in [4.78, 5) is 38.6. The molecule has 34 heavy (non-hydrogen) atoms. The smallest absolute Gasteiger partial charge is 0.407 e. The van der Waals surface area contributed by atoms with Gasteiger partial charge in [0.1, 0.15) is 12.6 Å². The lowest BCUT2D eigenvalue weighted by atomic mass is 9.98. The molecule has 1 saturated heterocycles. The molecule has 0 saturated carbocycles. The van der Waals surface area contributed by atoms with E-state index in [1.54, 1.807) is 6.92 Å². The number of carboxylic acids is 1. The number of alkyl carbamates (subject to hydrolysis) is 1. The molecule has 8 heteroatoms. The number of carboxylic acid groups (broad SMARTS) is 1. The van der Waals surface area contributed by atoms with Crippen LogP contribution in [0.1, 0.15) is 49.7 Å². The Labute approximate surface area is 198 Å². The number of benzene rings is 2. The normalized spacial score (nSPS) is 20.6. The number of nitrogens with one attached hydrogen (secondary N) is 1. The molecule has 1 aliphatic heterocycles. The van der Waals surface area contributed by atoms with Gasteiger partial charge in [0.25, 0.3) is 0 Å². The molecule has 2 amide bonds. The van der Waals surface area contributed by atoms with Crippen LogP contribution in [0.5, 0.6) is 0 Å². The number of hydrogen-bond acceptors (Lipinski definition) is 5. The van der Waals surface area contributed by atoms with Crippen molar-refractivity contribution < 1.29 is 29.3 Å². The van der Waals surface area contributed by atoms with Crippen molar-refractivity contribution in [3.63, 3.8) is 0 Å². The first-order chi connectivity index (χ1) is 16.2. The zero-order valence-corrected chi connectivity index (χ0v) is 19.2. The minimum atomic E-state index is -1.24. The van der Waals surface area contributed by atoms with E-state index in [4.69, 9.17) is 4.74 Å². The SMILES string of the molecule is CC1(O)CCCN(C(=O)C(CC(=O)O)NC(=O)OCC2c3ccccc3-c3ccccc32)CC1. The van der Waals surface area contributed by atoms with E-state index >= 15 is 0 Å². The first-order valence-electron chi connectivity index (χ1n) is 11.6. The van der Waals surface area contributed by atoms with E-state index in [1.807, 2.05) is 48.5 Å². The van der Waals surface area contributed by atoms with E-state index < -0.39 is 36.0 Å². The van der Waals surface area contributed by atoms with Crippen LogP contribution in [-0.2, 0) is 14.3 Å². The number of ether oxygens (including phenoxy) is 1. The summed E-state index contributed by atoms with van der Waals surface area (Å²) >= 11 is 0. The molecule has 2 atom stereocenters. The highest BCUT2D eigenvalue weighted by Crippen LogP contribution is 2.44. The highest BCUT2D eigenvalue weighted by molar-refractivity contribution is 5.89. The van der Waals surface area contributed by atoms with E-state index in [9.17, 15) is 24.6 Å². The van der Waals surface area contributed by atoms with Gasteiger partial charge < -0.3 is 25.2 Å². The van der Waals surface area contributed by atoms with Crippen molar-refractivity contribution in [1.29, 1.82) is 0 Å². The second-order valence-corrected chi connectivity index (χ2v) is 9.30. The first-order valence-corrected chi connectivity index (χ1v) is 11.6. The van der Waals surface area contributed by atoms with Gasteiger partial charge in [-0.05, 0) is 48.4 Å². The van der Waals surface area contributed by atoms with Crippen molar-refractivity contribution in [2.24, 2.45) is 0 Å². The van der Waals surface area contributed by atoms with Gasteiger partial charge in [0, 0.05) is 19.0 Å². The second kappa shape index (κ2) is 9.85. The molecule has 1 heterocycles. The third-order valence-electron chi connectivity index (χ3n) is 6.69. The van der Waals surface area contributed by atoms with Gasteiger partial charge in [-0.15, -0.1) is 0 Å². The summed E-state index contributed by atoms with van der Waals surface area (Å²) in [6.07, 6.45) is 0.173. The minimum absolute atomic E-state index is 0.0699. The van der Waals surface area contributed by atoms with Crippen molar-refractivity contribution in [3.05, 3.63) is 59.7 Å². The van der Waals surface area contributed by atoms with Crippen LogP contribution in [0.3, 0.4) is 0 Å². The molecule has 2 aromatic rings. The summed E-state index contributed by atoms with van der Waals surface area (Å²) in [5.41, 5.74) is 3.46. The highest BCUT2D eigenvalue weighted by Gasteiger charge is 2.33. The van der Waals surface area contributed by atoms with Gasteiger partial charge in [-0.1, -0.05) is 48.5 Å². The molecule has 0 radical (unpaired) electrons. The van der Waals surface area contributed by atoms with Crippen LogP contribution in [0.15, 0.2) is 48.5 Å². The molecule has 0 spiro atoms. The summed E-state index contributed by atoms with van der Waals surface area (Å²) in [7, 11) is 0. The van der Waals surface area contributed by atoms with Gasteiger partial charge in [0.2, 0.25) is 5.91 Å². The van der Waals surface area contributed by atoms with Crippen molar-refractivity contribution in [2.75, 3.05) is 19.7 Å². The van der Waals surface area contributed by atoms with Crippen molar-refractivity contribution in [1.82, 2.24) is 10.2 Å². The lowest BCUT2D eigenvalue weighted by molar-refractivity contribution is -0.142. The zero-order valence-electron chi connectivity index (χ0n) is 19.2. The molecule has 3 N–H and O–H groups in total. The number of hydrogen-bond donors (Lipinski definition) is 3. The fourth-order valence-electron chi connectivity index (χ4n) is 4.86. The number of aliphatic carboxylic acids is 1. The molecule has 2 aliphatic rings. The fraction of sp³-hybridized carbons (Fsp3) is 0.423. The van der Waals surface area contributed by atoms with E-state index in [0.29, 0.717) is 32.4 Å². The van der Waals surface area contributed by atoms with Gasteiger partial charge in [0.05, 0.1) is 12.0 Å². The predicted octanol–water partition coefficient (Wildman–Crippen LogP) is 3.13. The van der Waals surface area contributed by atoms with Crippen molar-refractivity contribution in [3.8, 4) is 11.1 Å². The fourth-order valence-corrected chi connectivity index (χ4v) is 4.86. The largest absolute Gasteiger partial charge is 0.481 e. The summed E-state index contributed by atoms with van der Waals surface area (Å²) in [6, 6.07) is 14.7.